The van der Waals surface area contributed by atoms with Gasteiger partial charge in [-0.3, -0.25) is 4.79 Å². The molecule has 5 aliphatic carbocycles. The van der Waals surface area contributed by atoms with Gasteiger partial charge in [-0.2, -0.15) is 0 Å². The molecule has 0 spiro atoms. The van der Waals surface area contributed by atoms with Crippen molar-refractivity contribution < 1.29 is 19.0 Å². The molecule has 0 unspecified atom stereocenters. The lowest BCUT2D eigenvalue weighted by molar-refractivity contribution is -0.318. The fraction of sp³-hybridized carbons (Fsp3) is 0.763. The standard InChI is InChI=1S/C38H54O4/c1-33(2)19-21-38(32(39)40-7)22-20-36(5)26(27(38)23-33)13-14-29-34(3)17-16-30-35(4,28(34)15-18-37(29,36)6)24-41-31(42-30)25-11-9-8-10-12-25/h8-13,27-31H,14-24H2,1-7H3/t27-,28+,29+,30-,31+,34-,35-,36+,37+,38-/m0/s1. The number of ether oxygens (including phenoxy) is 3. The van der Waals surface area contributed by atoms with E-state index in [-0.39, 0.29) is 50.9 Å². The van der Waals surface area contributed by atoms with Gasteiger partial charge in [0.2, 0.25) is 0 Å². The smallest absolute Gasteiger partial charge is 0.312 e. The van der Waals surface area contributed by atoms with Crippen LogP contribution in [-0.4, -0.2) is 25.8 Å². The van der Waals surface area contributed by atoms with Crippen LogP contribution >= 0.6 is 0 Å². The molecular weight excluding hydrogens is 520 g/mol. The molecule has 1 aliphatic heterocycles. The van der Waals surface area contributed by atoms with Crippen molar-refractivity contribution in [2.24, 2.45) is 50.2 Å². The summed E-state index contributed by atoms with van der Waals surface area (Å²) in [6, 6.07) is 10.5. The minimum absolute atomic E-state index is 0.0322. The summed E-state index contributed by atoms with van der Waals surface area (Å²) in [7, 11) is 1.61. The Balaban J connectivity index is 1.22. The predicted octanol–water partition coefficient (Wildman–Crippen LogP) is 9.06. The van der Waals surface area contributed by atoms with E-state index in [0.29, 0.717) is 17.8 Å². The lowest BCUT2D eigenvalue weighted by atomic mass is 9.33. The largest absolute Gasteiger partial charge is 0.469 e. The highest BCUT2D eigenvalue weighted by Gasteiger charge is 2.70. The van der Waals surface area contributed by atoms with E-state index in [2.05, 4.69) is 78.0 Å². The maximum Gasteiger partial charge on any atom is 0.312 e. The molecule has 0 N–H and O–H groups in total. The van der Waals surface area contributed by atoms with E-state index < -0.39 is 0 Å². The number of benzene rings is 1. The number of carbonyl (C=O) groups excluding carboxylic acids is 1. The fourth-order valence-corrected chi connectivity index (χ4v) is 12.3. The second-order valence-corrected chi connectivity index (χ2v) is 17.1. The number of hydrogen-bond donors (Lipinski definition) is 0. The first kappa shape index (κ1) is 29.1. The number of rotatable bonds is 2. The molecule has 42 heavy (non-hydrogen) atoms. The summed E-state index contributed by atoms with van der Waals surface area (Å²) in [5.74, 6) is 1.57. The van der Waals surface area contributed by atoms with Crippen molar-refractivity contribution in [1.29, 1.82) is 0 Å². The van der Waals surface area contributed by atoms with Crippen LogP contribution in [0.4, 0.5) is 0 Å². The first-order chi connectivity index (χ1) is 19.8. The maximum atomic E-state index is 13.5. The van der Waals surface area contributed by atoms with Crippen LogP contribution < -0.4 is 0 Å². The van der Waals surface area contributed by atoms with Crippen molar-refractivity contribution in [3.63, 3.8) is 0 Å². The Labute approximate surface area is 254 Å². The van der Waals surface area contributed by atoms with Gasteiger partial charge in [0.1, 0.15) is 0 Å². The highest BCUT2D eigenvalue weighted by Crippen LogP contribution is 2.76. The van der Waals surface area contributed by atoms with Crippen LogP contribution in [0.3, 0.4) is 0 Å². The van der Waals surface area contributed by atoms with E-state index in [4.69, 9.17) is 14.2 Å². The summed E-state index contributed by atoms with van der Waals surface area (Å²) in [6.45, 7) is 16.0. The molecule has 6 aliphatic rings. The van der Waals surface area contributed by atoms with E-state index in [1.165, 1.54) is 19.3 Å². The van der Waals surface area contributed by atoms with Crippen LogP contribution in [0.5, 0.6) is 0 Å². The minimum atomic E-state index is -0.336. The first-order valence-electron chi connectivity index (χ1n) is 16.9. The zero-order chi connectivity index (χ0) is 29.8. The van der Waals surface area contributed by atoms with Gasteiger partial charge in [-0.05, 0) is 104 Å². The van der Waals surface area contributed by atoms with Crippen molar-refractivity contribution in [1.82, 2.24) is 0 Å². The van der Waals surface area contributed by atoms with E-state index in [1.807, 2.05) is 0 Å². The molecule has 0 amide bonds. The molecule has 4 saturated carbocycles. The Morgan fingerprint density at radius 3 is 2.33 bits per heavy atom. The van der Waals surface area contributed by atoms with Gasteiger partial charge in [0.15, 0.2) is 6.29 Å². The SMILES string of the molecule is COC(=O)[C@]12CCC(C)(C)C[C@H]1C1=CC[C@@H]3[C@@]4(C)CC[C@@H]5O[C@H](c6ccccc6)OC[C@@]5(C)[C@@H]4CC[C@@]3(C)[C@]1(C)CC2. The average Bonchev–Trinajstić information content (AvgIpc) is 2.96. The molecule has 4 heteroatoms. The Hall–Kier alpha value is -1.65. The number of carbonyl (C=O) groups is 1. The van der Waals surface area contributed by atoms with E-state index in [9.17, 15) is 4.79 Å². The lowest BCUT2D eigenvalue weighted by Crippen LogP contribution is -2.67. The predicted molar refractivity (Wildman–Crippen MR) is 165 cm³/mol. The second-order valence-electron chi connectivity index (χ2n) is 17.1. The third kappa shape index (κ3) is 3.76. The maximum absolute atomic E-state index is 13.5. The molecule has 7 rings (SSSR count). The molecule has 1 saturated heterocycles. The van der Waals surface area contributed by atoms with Crippen LogP contribution in [0.25, 0.3) is 0 Å². The van der Waals surface area contributed by atoms with Gasteiger partial charge in [-0.25, -0.2) is 0 Å². The normalized spacial score (nSPS) is 49.2. The summed E-state index contributed by atoms with van der Waals surface area (Å²) in [4.78, 5) is 13.5. The van der Waals surface area contributed by atoms with Crippen LogP contribution in [0.1, 0.15) is 118 Å². The highest BCUT2D eigenvalue weighted by atomic mass is 16.7. The van der Waals surface area contributed by atoms with E-state index in [1.54, 1.807) is 12.7 Å². The average molecular weight is 575 g/mol. The van der Waals surface area contributed by atoms with Crippen molar-refractivity contribution in [3.8, 4) is 0 Å². The summed E-state index contributed by atoms with van der Waals surface area (Å²) in [5, 5.41) is 0. The van der Waals surface area contributed by atoms with Gasteiger partial charge in [-0.15, -0.1) is 0 Å². The second kappa shape index (κ2) is 9.43. The molecule has 1 aromatic carbocycles. The number of fused-ring (bicyclic) bond motifs is 9. The summed E-state index contributed by atoms with van der Waals surface area (Å²) >= 11 is 0. The summed E-state index contributed by atoms with van der Waals surface area (Å²) in [5.41, 5.74) is 3.29. The fourth-order valence-electron chi connectivity index (χ4n) is 12.3. The zero-order valence-corrected chi connectivity index (χ0v) is 27.3. The van der Waals surface area contributed by atoms with E-state index in [0.717, 1.165) is 57.1 Å². The molecule has 5 fully saturated rings. The number of methoxy groups -OCH3 is 1. The number of allylic oxidation sites excluding steroid dienone is 2. The minimum Gasteiger partial charge on any atom is -0.469 e. The Morgan fingerprint density at radius 1 is 0.857 bits per heavy atom. The zero-order valence-electron chi connectivity index (χ0n) is 27.3. The lowest BCUT2D eigenvalue weighted by Gasteiger charge is -2.72. The van der Waals surface area contributed by atoms with Crippen LogP contribution in [0.15, 0.2) is 42.0 Å². The van der Waals surface area contributed by atoms with Gasteiger partial charge >= 0.3 is 5.97 Å². The van der Waals surface area contributed by atoms with Crippen molar-refractivity contribution in [2.75, 3.05) is 13.7 Å². The first-order valence-corrected chi connectivity index (χ1v) is 16.9. The highest BCUT2D eigenvalue weighted by molar-refractivity contribution is 5.78. The third-order valence-electron chi connectivity index (χ3n) is 14.9. The Bertz CT molecular complexity index is 1270. The van der Waals surface area contributed by atoms with Crippen LogP contribution in [-0.2, 0) is 19.0 Å². The summed E-state index contributed by atoms with van der Waals surface area (Å²) < 4.78 is 18.9. The monoisotopic (exact) mass is 574 g/mol. The van der Waals surface area contributed by atoms with Gasteiger partial charge in [-0.1, -0.05) is 83.5 Å². The summed E-state index contributed by atoms with van der Waals surface area (Å²) in [6.07, 6.45) is 13.9. The molecule has 4 nitrogen and oxygen atoms in total. The number of esters is 1. The van der Waals surface area contributed by atoms with E-state index >= 15 is 0 Å². The van der Waals surface area contributed by atoms with Crippen LogP contribution in [0.2, 0.25) is 0 Å². The van der Waals surface area contributed by atoms with Gasteiger partial charge in [0, 0.05) is 11.0 Å². The van der Waals surface area contributed by atoms with Crippen LogP contribution in [0, 0.1) is 50.2 Å². The molecule has 0 radical (unpaired) electrons. The quantitative estimate of drug-likeness (QED) is 0.261. The number of hydrogen-bond acceptors (Lipinski definition) is 4. The van der Waals surface area contributed by atoms with Crippen molar-refractivity contribution in [2.45, 2.75) is 118 Å². The molecule has 230 valence electrons. The van der Waals surface area contributed by atoms with Gasteiger partial charge in [0.05, 0.1) is 25.2 Å². The Kier molecular flexibility index (Phi) is 6.53. The van der Waals surface area contributed by atoms with Crippen molar-refractivity contribution in [3.05, 3.63) is 47.5 Å². The van der Waals surface area contributed by atoms with Gasteiger partial charge < -0.3 is 14.2 Å². The van der Waals surface area contributed by atoms with Gasteiger partial charge in [0.25, 0.3) is 0 Å². The molecule has 1 aromatic rings. The Morgan fingerprint density at radius 2 is 1.60 bits per heavy atom. The van der Waals surface area contributed by atoms with Crippen molar-refractivity contribution >= 4 is 5.97 Å². The molecule has 10 atom stereocenters. The third-order valence-corrected chi connectivity index (χ3v) is 14.9. The molecular formula is C38H54O4. The molecule has 0 bridgehead atoms. The molecule has 0 aromatic heterocycles. The topological polar surface area (TPSA) is 44.8 Å². The molecule has 1 heterocycles.